The third kappa shape index (κ3) is 6.90. The van der Waals surface area contributed by atoms with Crippen LogP contribution in [0.25, 0.3) is 22.8 Å². The fourth-order valence-corrected chi connectivity index (χ4v) is 3.43. The molecule has 1 atom stereocenters. The summed E-state index contributed by atoms with van der Waals surface area (Å²) in [7, 11) is 17.7. The summed E-state index contributed by atoms with van der Waals surface area (Å²) in [6.07, 6.45) is -4.47. The van der Waals surface area contributed by atoms with Gasteiger partial charge in [-0.3, -0.25) is 0 Å². The molecule has 3 aromatic rings. The summed E-state index contributed by atoms with van der Waals surface area (Å²) in [6, 6.07) is 6.71. The Morgan fingerprint density at radius 1 is 1.11 bits per heavy atom. The number of alkyl halides is 3. The Morgan fingerprint density at radius 2 is 1.79 bits per heavy atom. The smallest absolute Gasteiger partial charge is 0.419 e. The van der Waals surface area contributed by atoms with E-state index in [2.05, 4.69) is 10.1 Å². The summed E-state index contributed by atoms with van der Waals surface area (Å²) in [5, 5.41) is 19.4. The van der Waals surface area contributed by atoms with Crippen LogP contribution in [0.2, 0.25) is 0 Å². The van der Waals surface area contributed by atoms with E-state index in [1.165, 1.54) is 18.2 Å². The number of ether oxygens (including phenoxy) is 1. The van der Waals surface area contributed by atoms with Gasteiger partial charge < -0.3 is 24.4 Å². The average molecular weight is 549 g/mol. The van der Waals surface area contributed by atoms with Crippen molar-refractivity contribution >= 4 is 35.7 Å². The van der Waals surface area contributed by atoms with E-state index < -0.39 is 45.7 Å². The Morgan fingerprint density at radius 3 is 2.39 bits per heavy atom. The van der Waals surface area contributed by atoms with Gasteiger partial charge in [0.2, 0.25) is 5.82 Å². The van der Waals surface area contributed by atoms with Crippen LogP contribution in [0.15, 0.2) is 40.9 Å². The van der Waals surface area contributed by atoms with Crippen molar-refractivity contribution in [1.82, 2.24) is 15.0 Å². The van der Waals surface area contributed by atoms with Crippen molar-refractivity contribution in [2.24, 2.45) is 0 Å². The molecule has 0 amide bonds. The molecule has 0 aliphatic rings. The van der Waals surface area contributed by atoms with Crippen molar-refractivity contribution in [1.29, 1.82) is 0 Å². The monoisotopic (exact) mass is 549 g/mol. The molecule has 0 saturated carbocycles. The van der Waals surface area contributed by atoms with Crippen LogP contribution in [0, 0.1) is 5.82 Å². The Labute approximate surface area is 223 Å². The number of nitrogens with zero attached hydrogens (tertiary/aromatic N) is 3. The minimum Gasteiger partial charge on any atom is -0.503 e. The van der Waals surface area contributed by atoms with Crippen LogP contribution >= 0.6 is 12.1 Å². The van der Waals surface area contributed by atoms with E-state index >= 15 is 0 Å². The van der Waals surface area contributed by atoms with Gasteiger partial charge in [0, 0.05) is 36.4 Å². The maximum atomic E-state index is 14.6. The molecule has 16 heteroatoms. The van der Waals surface area contributed by atoms with E-state index in [-0.39, 0.29) is 36.0 Å². The highest BCUT2D eigenvalue weighted by atomic mass is 32.2. The fourth-order valence-electron chi connectivity index (χ4n) is 3.27. The third-order valence-electron chi connectivity index (χ3n) is 5.36. The van der Waals surface area contributed by atoms with Crippen molar-refractivity contribution in [3.05, 3.63) is 53.3 Å². The van der Waals surface area contributed by atoms with Crippen LogP contribution in [0.4, 0.5) is 21.4 Å². The molecular weight excluding hydrogens is 530 g/mol. The predicted molar refractivity (Wildman–Crippen MR) is 132 cm³/mol. The molecule has 0 aliphatic heterocycles. The second kappa shape index (κ2) is 11.7. The zero-order chi connectivity index (χ0) is 28.3. The predicted octanol–water partition coefficient (Wildman–Crippen LogP) is 3.18. The van der Waals surface area contributed by atoms with Gasteiger partial charge in [0.15, 0.2) is 0 Å². The van der Waals surface area contributed by atoms with Crippen LogP contribution in [0.3, 0.4) is 0 Å². The first-order valence-corrected chi connectivity index (χ1v) is 11.6. The number of aliphatic hydroxyl groups excluding tert-OH is 1. The molecule has 0 aliphatic carbocycles. The van der Waals surface area contributed by atoms with Gasteiger partial charge in [-0.1, -0.05) is 17.3 Å². The molecule has 6 radical (unpaired) electrons. The minimum atomic E-state index is -5.01. The Hall–Kier alpha value is -2.55. The van der Waals surface area contributed by atoms with Crippen molar-refractivity contribution in [2.75, 3.05) is 20.2 Å². The molecule has 0 fully saturated rings. The number of aromatic nitrogens is 2. The van der Waals surface area contributed by atoms with Gasteiger partial charge in [0.1, 0.15) is 39.9 Å². The molecule has 2 N–H and O–H groups in total. The first-order chi connectivity index (χ1) is 17.7. The number of aliphatic hydroxyl groups is 2. The van der Waals surface area contributed by atoms with Crippen LogP contribution < -0.4 is 4.74 Å². The molecule has 2 aromatic carbocycles. The second-order valence-corrected chi connectivity index (χ2v) is 9.20. The summed E-state index contributed by atoms with van der Waals surface area (Å²) < 4.78 is 78.7. The lowest BCUT2D eigenvalue weighted by atomic mass is 9.56. The zero-order valence-corrected chi connectivity index (χ0v) is 20.7. The van der Waals surface area contributed by atoms with Gasteiger partial charge in [-0.2, -0.15) is 22.0 Å². The SMILES string of the molecule is [B]C([B])(Oc1ccc(-c2nc(-c3ccc(CN(C)CCCO)c(F)c3)no2)cc1C(F)(F)F)C([B])(O)SF. The van der Waals surface area contributed by atoms with Gasteiger partial charge >= 0.3 is 6.18 Å². The van der Waals surface area contributed by atoms with Gasteiger partial charge in [0.25, 0.3) is 5.89 Å². The maximum Gasteiger partial charge on any atom is 0.419 e. The Balaban J connectivity index is 1.88. The van der Waals surface area contributed by atoms with E-state index in [1.807, 2.05) is 4.90 Å². The van der Waals surface area contributed by atoms with Crippen LogP contribution in [0.5, 0.6) is 5.75 Å². The molecule has 196 valence electrons. The highest BCUT2D eigenvalue weighted by Gasteiger charge is 2.43. The summed E-state index contributed by atoms with van der Waals surface area (Å²) in [5.74, 6) is -1.91. The van der Waals surface area contributed by atoms with E-state index in [1.54, 1.807) is 7.05 Å². The molecule has 3 rings (SSSR count). The highest BCUT2D eigenvalue weighted by Crippen LogP contribution is 2.41. The summed E-state index contributed by atoms with van der Waals surface area (Å²) in [5.41, 5.74) is -0.990. The Bertz CT molecular complexity index is 1260. The van der Waals surface area contributed by atoms with Gasteiger partial charge in [-0.05, 0) is 37.7 Å². The Kier molecular flexibility index (Phi) is 9.22. The molecule has 0 bridgehead atoms. The number of rotatable bonds is 11. The van der Waals surface area contributed by atoms with Crippen LogP contribution in [-0.4, -0.2) is 79.2 Å². The number of halogens is 5. The minimum absolute atomic E-state index is 0.0162. The fraction of sp³-hybridized carbons (Fsp3) is 0.364. The van der Waals surface area contributed by atoms with E-state index in [0.29, 0.717) is 24.6 Å². The maximum absolute atomic E-state index is 14.6. The standard InChI is InChI=1S/C22H19B3F5N3O4S/c1-33(7-2-8-34)11-14-4-3-12(10-16(14)26)18-31-19(37-32-18)13-5-6-17(15(9-13)20(27,28)29)36-21(23,24)22(25,35)38-30/h3-6,9-10,34-35H,2,7-8,11H2,1H3. The largest absolute Gasteiger partial charge is 0.503 e. The molecule has 1 unspecified atom stereocenters. The molecule has 38 heavy (non-hydrogen) atoms. The molecule has 0 saturated heterocycles. The average Bonchev–Trinajstić information content (AvgIpc) is 3.33. The normalized spacial score (nSPS) is 14.0. The van der Waals surface area contributed by atoms with E-state index in [9.17, 15) is 26.6 Å². The first kappa shape index (κ1) is 30.0. The molecule has 0 spiro atoms. The first-order valence-electron chi connectivity index (χ1n) is 10.9. The zero-order valence-electron chi connectivity index (χ0n) is 19.9. The number of hydrogen-bond acceptors (Lipinski definition) is 8. The summed E-state index contributed by atoms with van der Waals surface area (Å²) in [4.78, 5) is 2.81. The van der Waals surface area contributed by atoms with Crippen molar-refractivity contribution in [3.8, 4) is 28.6 Å². The van der Waals surface area contributed by atoms with Gasteiger partial charge in [-0.25, -0.2) is 4.39 Å². The lowest BCUT2D eigenvalue weighted by Crippen LogP contribution is -2.57. The van der Waals surface area contributed by atoms with Crippen LogP contribution in [-0.2, 0) is 12.7 Å². The topological polar surface area (TPSA) is 91.9 Å². The van der Waals surface area contributed by atoms with E-state index in [4.69, 9.17) is 37.9 Å². The number of hydrogen-bond donors (Lipinski definition) is 2. The number of benzene rings is 2. The molecule has 1 heterocycles. The quantitative estimate of drug-likeness (QED) is 0.214. The van der Waals surface area contributed by atoms with Crippen molar-refractivity contribution < 1.29 is 40.9 Å². The van der Waals surface area contributed by atoms with Gasteiger partial charge in [0.05, 0.1) is 23.1 Å². The van der Waals surface area contributed by atoms with Crippen LogP contribution in [0.1, 0.15) is 17.5 Å². The van der Waals surface area contributed by atoms with Crippen molar-refractivity contribution in [2.45, 2.75) is 29.4 Å². The second-order valence-electron chi connectivity index (χ2n) is 8.42. The van der Waals surface area contributed by atoms with Gasteiger partial charge in [-0.15, -0.1) is 0 Å². The lowest BCUT2D eigenvalue weighted by molar-refractivity contribution is -0.139. The lowest BCUT2D eigenvalue weighted by Gasteiger charge is -2.39. The van der Waals surface area contributed by atoms with E-state index in [0.717, 1.165) is 12.1 Å². The summed E-state index contributed by atoms with van der Waals surface area (Å²) in [6.45, 7) is 0.869. The third-order valence-corrected chi connectivity index (χ3v) is 5.92. The molecular formula is C22H19B3F5N3O4S. The molecule has 1 aromatic heterocycles. The van der Waals surface area contributed by atoms with Crippen molar-refractivity contribution in [3.63, 3.8) is 0 Å². The highest BCUT2D eigenvalue weighted by molar-refractivity contribution is 7.96. The molecule has 7 nitrogen and oxygen atoms in total. The summed E-state index contributed by atoms with van der Waals surface area (Å²) >= 11 is -0.920.